The minimum Gasteiger partial charge on any atom is -0.342 e. The second-order valence-corrected chi connectivity index (χ2v) is 6.17. The topological polar surface area (TPSA) is 54.9 Å². The second kappa shape index (κ2) is 6.07. The molecule has 1 aromatic heterocycles. The van der Waals surface area contributed by atoms with Crippen molar-refractivity contribution in [3.8, 4) is 0 Å². The van der Waals surface area contributed by atoms with Gasteiger partial charge in [-0.15, -0.1) is 0 Å². The van der Waals surface area contributed by atoms with Gasteiger partial charge in [0, 0.05) is 6.20 Å². The summed E-state index contributed by atoms with van der Waals surface area (Å²) in [5, 5.41) is 3.13. The monoisotopic (exact) mass is 313 g/mol. The van der Waals surface area contributed by atoms with E-state index in [1.165, 1.54) is 12.1 Å². The number of amides is 1. The van der Waals surface area contributed by atoms with Crippen molar-refractivity contribution >= 4 is 5.91 Å². The van der Waals surface area contributed by atoms with E-state index in [0.29, 0.717) is 17.1 Å². The van der Waals surface area contributed by atoms with Gasteiger partial charge in [-0.05, 0) is 44.4 Å². The normalized spacial score (nSPS) is 16.3. The molecule has 1 aliphatic rings. The number of nitrogens with one attached hydrogen (secondary N) is 1. The van der Waals surface area contributed by atoms with Crippen molar-refractivity contribution in [3.63, 3.8) is 0 Å². The van der Waals surface area contributed by atoms with Crippen LogP contribution in [0.5, 0.6) is 0 Å². The Balaban J connectivity index is 1.92. The molecular weight excluding hydrogens is 293 g/mol. The second-order valence-electron chi connectivity index (χ2n) is 6.17. The van der Waals surface area contributed by atoms with Crippen molar-refractivity contribution < 1.29 is 9.18 Å². The van der Waals surface area contributed by atoms with E-state index in [2.05, 4.69) is 15.3 Å². The molecule has 0 atom stereocenters. The van der Waals surface area contributed by atoms with Crippen LogP contribution in [0, 0.1) is 19.7 Å². The molecule has 4 nitrogen and oxygen atoms in total. The van der Waals surface area contributed by atoms with Gasteiger partial charge in [0.15, 0.2) is 0 Å². The Morgan fingerprint density at radius 3 is 2.65 bits per heavy atom. The summed E-state index contributed by atoms with van der Waals surface area (Å²) in [4.78, 5) is 21.1. The zero-order valence-electron chi connectivity index (χ0n) is 13.4. The molecule has 0 saturated heterocycles. The lowest BCUT2D eigenvalue weighted by Gasteiger charge is -2.31. The molecule has 120 valence electrons. The molecule has 1 aliphatic carbocycles. The van der Waals surface area contributed by atoms with Gasteiger partial charge in [0.1, 0.15) is 11.6 Å². The number of aryl methyl sites for hydroxylation is 2. The Labute approximate surface area is 135 Å². The van der Waals surface area contributed by atoms with E-state index in [0.717, 1.165) is 31.2 Å². The van der Waals surface area contributed by atoms with Crippen LogP contribution in [0.15, 0.2) is 30.5 Å². The first-order chi connectivity index (χ1) is 11.0. The summed E-state index contributed by atoms with van der Waals surface area (Å²) in [5.41, 5.74) is 1.45. The number of aromatic nitrogens is 2. The number of nitrogens with zero attached hydrogens (tertiary/aromatic N) is 2. The number of carbonyl (C=O) groups excluding carboxylic acids is 1. The van der Waals surface area contributed by atoms with E-state index in [1.807, 2.05) is 6.07 Å². The van der Waals surface area contributed by atoms with E-state index in [9.17, 15) is 9.18 Å². The van der Waals surface area contributed by atoms with E-state index in [-0.39, 0.29) is 11.7 Å². The van der Waals surface area contributed by atoms with Crippen LogP contribution in [-0.4, -0.2) is 15.9 Å². The van der Waals surface area contributed by atoms with Crippen LogP contribution in [0.25, 0.3) is 0 Å². The molecule has 23 heavy (non-hydrogen) atoms. The number of hydrogen-bond donors (Lipinski definition) is 1. The van der Waals surface area contributed by atoms with E-state index in [4.69, 9.17) is 0 Å². The molecule has 0 aliphatic heterocycles. The lowest BCUT2D eigenvalue weighted by molar-refractivity contribution is 0.0896. The minimum atomic E-state index is -0.503. The third kappa shape index (κ3) is 3.09. The van der Waals surface area contributed by atoms with Gasteiger partial charge < -0.3 is 5.32 Å². The molecule has 1 aromatic carbocycles. The number of rotatable bonds is 3. The van der Waals surface area contributed by atoms with Crippen molar-refractivity contribution in [2.75, 3.05) is 0 Å². The smallest absolute Gasteiger partial charge is 0.255 e. The van der Waals surface area contributed by atoms with Crippen LogP contribution in [-0.2, 0) is 5.54 Å². The van der Waals surface area contributed by atoms with Gasteiger partial charge in [0.05, 0.1) is 16.8 Å². The number of hydrogen-bond acceptors (Lipinski definition) is 3. The van der Waals surface area contributed by atoms with E-state index < -0.39 is 5.54 Å². The molecule has 0 bridgehead atoms. The van der Waals surface area contributed by atoms with Gasteiger partial charge in [0.2, 0.25) is 0 Å². The highest BCUT2D eigenvalue weighted by Gasteiger charge is 2.37. The maximum Gasteiger partial charge on any atom is 0.255 e. The van der Waals surface area contributed by atoms with Gasteiger partial charge in [-0.1, -0.05) is 25.0 Å². The lowest BCUT2D eigenvalue weighted by atomic mass is 9.87. The number of halogens is 1. The van der Waals surface area contributed by atoms with Crippen molar-refractivity contribution in [2.45, 2.75) is 45.1 Å². The average Bonchev–Trinajstić information content (AvgIpc) is 2.97. The number of carbonyl (C=O) groups is 1. The summed E-state index contributed by atoms with van der Waals surface area (Å²) in [6.07, 6.45) is 5.21. The van der Waals surface area contributed by atoms with Gasteiger partial charge in [-0.3, -0.25) is 4.79 Å². The highest BCUT2D eigenvalue weighted by molar-refractivity contribution is 5.95. The van der Waals surface area contributed by atoms with Gasteiger partial charge in [-0.25, -0.2) is 14.4 Å². The zero-order valence-corrected chi connectivity index (χ0v) is 13.4. The highest BCUT2D eigenvalue weighted by Crippen LogP contribution is 2.39. The SMILES string of the molecule is Cc1ncc(C(=O)NC2(c3cccc(F)c3)CCCC2)c(C)n1. The molecule has 0 unspecified atom stereocenters. The Morgan fingerprint density at radius 2 is 2.00 bits per heavy atom. The minimum absolute atomic E-state index is 0.200. The van der Waals surface area contributed by atoms with Crippen LogP contribution >= 0.6 is 0 Å². The van der Waals surface area contributed by atoms with Gasteiger partial charge in [0.25, 0.3) is 5.91 Å². The van der Waals surface area contributed by atoms with Gasteiger partial charge >= 0.3 is 0 Å². The summed E-state index contributed by atoms with van der Waals surface area (Å²) < 4.78 is 13.6. The molecule has 1 saturated carbocycles. The van der Waals surface area contributed by atoms with Crippen LogP contribution in [0.2, 0.25) is 0 Å². The Hall–Kier alpha value is -2.30. The average molecular weight is 313 g/mol. The molecule has 5 heteroatoms. The molecule has 1 N–H and O–H groups in total. The standard InChI is InChI=1S/C18H20FN3O/c1-12-16(11-20-13(2)21-12)17(23)22-18(8-3-4-9-18)14-6-5-7-15(19)10-14/h5-7,10-11H,3-4,8-9H2,1-2H3,(H,22,23). The van der Waals surface area contributed by atoms with Crippen LogP contribution in [0.3, 0.4) is 0 Å². The first-order valence-electron chi connectivity index (χ1n) is 7.89. The summed E-state index contributed by atoms with van der Waals surface area (Å²) >= 11 is 0. The zero-order chi connectivity index (χ0) is 16.4. The fraction of sp³-hybridized carbons (Fsp3) is 0.389. The van der Waals surface area contributed by atoms with Crippen molar-refractivity contribution in [1.82, 2.24) is 15.3 Å². The fourth-order valence-electron chi connectivity index (χ4n) is 3.34. The summed E-state index contributed by atoms with van der Waals surface area (Å²) in [6.45, 7) is 3.59. The highest BCUT2D eigenvalue weighted by atomic mass is 19.1. The first kappa shape index (κ1) is 15.6. The Kier molecular flexibility index (Phi) is 4.11. The molecule has 0 spiro atoms. The third-order valence-electron chi connectivity index (χ3n) is 4.53. The fourth-order valence-corrected chi connectivity index (χ4v) is 3.34. The maximum atomic E-state index is 13.6. The summed E-state index contributed by atoms with van der Waals surface area (Å²) in [5.74, 6) is 0.159. The summed E-state index contributed by atoms with van der Waals surface area (Å²) in [7, 11) is 0. The molecule has 1 amide bonds. The molecule has 3 rings (SSSR count). The van der Waals surface area contributed by atoms with Crippen molar-refractivity contribution in [3.05, 3.63) is 58.9 Å². The quantitative estimate of drug-likeness (QED) is 0.944. The van der Waals surface area contributed by atoms with Gasteiger partial charge in [-0.2, -0.15) is 0 Å². The van der Waals surface area contributed by atoms with Crippen LogP contribution < -0.4 is 5.32 Å². The third-order valence-corrected chi connectivity index (χ3v) is 4.53. The Morgan fingerprint density at radius 1 is 1.26 bits per heavy atom. The molecule has 0 radical (unpaired) electrons. The van der Waals surface area contributed by atoms with E-state index in [1.54, 1.807) is 26.1 Å². The Bertz CT molecular complexity index is 739. The molecule has 2 aromatic rings. The molecular formula is C18H20FN3O. The number of benzene rings is 1. The van der Waals surface area contributed by atoms with Crippen molar-refractivity contribution in [1.29, 1.82) is 0 Å². The predicted molar refractivity (Wildman–Crippen MR) is 85.5 cm³/mol. The molecule has 1 heterocycles. The first-order valence-corrected chi connectivity index (χ1v) is 7.89. The maximum absolute atomic E-state index is 13.6. The van der Waals surface area contributed by atoms with Crippen molar-refractivity contribution in [2.24, 2.45) is 0 Å². The summed E-state index contributed by atoms with van der Waals surface area (Å²) in [6, 6.07) is 6.51. The predicted octanol–water partition coefficient (Wildman–Crippen LogP) is 3.43. The van der Waals surface area contributed by atoms with Crippen LogP contribution in [0.4, 0.5) is 4.39 Å². The van der Waals surface area contributed by atoms with Crippen LogP contribution in [0.1, 0.15) is 53.1 Å². The van der Waals surface area contributed by atoms with E-state index >= 15 is 0 Å². The molecule has 1 fully saturated rings. The lowest BCUT2D eigenvalue weighted by Crippen LogP contribution is -2.44. The largest absolute Gasteiger partial charge is 0.342 e.